The molecular weight excluding hydrogens is 402 g/mol. The van der Waals surface area contributed by atoms with Crippen LogP contribution in [0.5, 0.6) is 5.75 Å². The number of aromatic amines is 1. The molecule has 2 fully saturated rings. The van der Waals surface area contributed by atoms with Gasteiger partial charge in [-0.05, 0) is 37.0 Å². The Morgan fingerprint density at radius 2 is 2.00 bits per heavy atom. The van der Waals surface area contributed by atoms with Gasteiger partial charge < -0.3 is 15.0 Å². The largest absolute Gasteiger partial charge is 0.492 e. The third kappa shape index (κ3) is 2.98. The van der Waals surface area contributed by atoms with E-state index in [4.69, 9.17) is 9.72 Å². The van der Waals surface area contributed by atoms with E-state index in [-0.39, 0.29) is 12.4 Å². The third-order valence-corrected chi connectivity index (χ3v) is 6.19. The van der Waals surface area contributed by atoms with Crippen molar-refractivity contribution < 1.29 is 4.74 Å². The van der Waals surface area contributed by atoms with E-state index < -0.39 is 0 Å². The summed E-state index contributed by atoms with van der Waals surface area (Å²) in [7, 11) is 0. The number of halogens is 1. The normalized spacial score (nSPS) is 20.6. The fraction of sp³-hybridized carbons (Fsp3) is 0.381. The SMILES string of the molecule is CCOc1cc(-c2ccc(N3C[C@H]4CNC[C@H]4C3)nc2)c2c3cn[nH]c3nn2c1.Cl. The maximum atomic E-state index is 5.77. The van der Waals surface area contributed by atoms with Crippen LogP contribution in [0.2, 0.25) is 0 Å². The lowest BCUT2D eigenvalue weighted by Gasteiger charge is -2.19. The number of rotatable bonds is 4. The summed E-state index contributed by atoms with van der Waals surface area (Å²) in [5, 5.41) is 16.2. The van der Waals surface area contributed by atoms with Crippen LogP contribution in [0.4, 0.5) is 5.82 Å². The van der Waals surface area contributed by atoms with Gasteiger partial charge in [0.15, 0.2) is 5.65 Å². The fourth-order valence-corrected chi connectivity index (χ4v) is 4.78. The van der Waals surface area contributed by atoms with E-state index in [1.54, 1.807) is 0 Å². The molecule has 0 saturated carbocycles. The van der Waals surface area contributed by atoms with Crippen molar-refractivity contribution in [3.63, 3.8) is 0 Å². The first kappa shape index (κ1) is 19.1. The van der Waals surface area contributed by atoms with Gasteiger partial charge in [0, 0.05) is 43.5 Å². The molecule has 4 aromatic rings. The Labute approximate surface area is 180 Å². The second kappa shape index (κ2) is 7.45. The Bertz CT molecular complexity index is 1170. The highest BCUT2D eigenvalue weighted by atomic mass is 35.5. The molecule has 0 radical (unpaired) electrons. The minimum atomic E-state index is 0. The summed E-state index contributed by atoms with van der Waals surface area (Å²) in [5.41, 5.74) is 3.86. The molecular formula is C21H24ClN7O. The average Bonchev–Trinajstić information content (AvgIpc) is 3.48. The highest BCUT2D eigenvalue weighted by Crippen LogP contribution is 2.34. The maximum absolute atomic E-state index is 5.77. The van der Waals surface area contributed by atoms with Gasteiger partial charge in [0.05, 0.1) is 29.9 Å². The molecule has 0 bridgehead atoms. The van der Waals surface area contributed by atoms with Crippen molar-refractivity contribution in [1.29, 1.82) is 0 Å². The zero-order valence-corrected chi connectivity index (χ0v) is 17.5. The number of fused-ring (bicyclic) bond motifs is 4. The van der Waals surface area contributed by atoms with Crippen molar-refractivity contribution in [1.82, 2.24) is 30.1 Å². The topological polar surface area (TPSA) is 83.4 Å². The van der Waals surface area contributed by atoms with Crippen LogP contribution in [-0.2, 0) is 0 Å². The van der Waals surface area contributed by atoms with E-state index >= 15 is 0 Å². The molecule has 2 atom stereocenters. The number of hydrogen-bond donors (Lipinski definition) is 2. The van der Waals surface area contributed by atoms with Crippen molar-refractivity contribution in [3.05, 3.63) is 36.8 Å². The summed E-state index contributed by atoms with van der Waals surface area (Å²) in [4.78, 5) is 7.23. The van der Waals surface area contributed by atoms with E-state index in [2.05, 4.69) is 43.7 Å². The van der Waals surface area contributed by atoms with Gasteiger partial charge in [-0.2, -0.15) is 5.10 Å². The summed E-state index contributed by atoms with van der Waals surface area (Å²) >= 11 is 0. The molecule has 6 heterocycles. The van der Waals surface area contributed by atoms with Gasteiger partial charge in [-0.15, -0.1) is 17.5 Å². The number of pyridine rings is 2. The quantitative estimate of drug-likeness (QED) is 0.523. The highest BCUT2D eigenvalue weighted by molar-refractivity contribution is 6.00. The predicted molar refractivity (Wildman–Crippen MR) is 119 cm³/mol. The van der Waals surface area contributed by atoms with Crippen LogP contribution in [-0.4, -0.2) is 57.6 Å². The van der Waals surface area contributed by atoms with Gasteiger partial charge in [0.2, 0.25) is 0 Å². The molecule has 0 spiro atoms. The van der Waals surface area contributed by atoms with Crippen LogP contribution in [0.3, 0.4) is 0 Å². The minimum absolute atomic E-state index is 0. The van der Waals surface area contributed by atoms with Gasteiger partial charge in [-0.3, -0.25) is 5.10 Å². The smallest absolute Gasteiger partial charge is 0.178 e. The second-order valence-corrected chi connectivity index (χ2v) is 7.94. The maximum Gasteiger partial charge on any atom is 0.178 e. The zero-order valence-electron chi connectivity index (χ0n) is 16.7. The van der Waals surface area contributed by atoms with Crippen LogP contribution < -0.4 is 15.0 Å². The van der Waals surface area contributed by atoms with Gasteiger partial charge in [0.25, 0.3) is 0 Å². The Kier molecular flexibility index (Phi) is 4.75. The number of nitrogens with one attached hydrogen (secondary N) is 2. The number of nitrogens with zero attached hydrogens (tertiary/aromatic N) is 5. The summed E-state index contributed by atoms with van der Waals surface area (Å²) in [5.74, 6) is 3.35. The number of H-pyrrole nitrogens is 1. The van der Waals surface area contributed by atoms with Crippen LogP contribution >= 0.6 is 12.4 Å². The lowest BCUT2D eigenvalue weighted by atomic mass is 10.0. The molecule has 2 N–H and O–H groups in total. The van der Waals surface area contributed by atoms with E-state index in [9.17, 15) is 0 Å². The summed E-state index contributed by atoms with van der Waals surface area (Å²) < 4.78 is 7.64. The molecule has 0 aliphatic carbocycles. The first-order chi connectivity index (χ1) is 14.3. The Hall–Kier alpha value is -2.84. The molecule has 8 nitrogen and oxygen atoms in total. The zero-order chi connectivity index (χ0) is 19.4. The molecule has 156 valence electrons. The molecule has 6 rings (SSSR count). The molecule has 2 aliphatic heterocycles. The van der Waals surface area contributed by atoms with Crippen molar-refractivity contribution in [3.8, 4) is 16.9 Å². The molecule has 0 unspecified atom stereocenters. The van der Waals surface area contributed by atoms with Crippen LogP contribution in [0, 0.1) is 11.8 Å². The molecule has 9 heteroatoms. The summed E-state index contributed by atoms with van der Waals surface area (Å²) in [6, 6.07) is 6.35. The molecule has 4 aromatic heterocycles. The summed E-state index contributed by atoms with van der Waals surface area (Å²) in [6.45, 7) is 7.03. The first-order valence-corrected chi connectivity index (χ1v) is 10.2. The molecule has 2 saturated heterocycles. The molecule has 0 amide bonds. The average molecular weight is 426 g/mol. The predicted octanol–water partition coefficient (Wildman–Crippen LogP) is 2.75. The highest BCUT2D eigenvalue weighted by Gasteiger charge is 2.36. The van der Waals surface area contributed by atoms with E-state index in [0.717, 1.165) is 77.3 Å². The van der Waals surface area contributed by atoms with Crippen LogP contribution in [0.25, 0.3) is 27.7 Å². The van der Waals surface area contributed by atoms with Crippen molar-refractivity contribution in [2.75, 3.05) is 37.7 Å². The van der Waals surface area contributed by atoms with Crippen LogP contribution in [0.15, 0.2) is 36.8 Å². The summed E-state index contributed by atoms with van der Waals surface area (Å²) in [6.07, 6.45) is 5.70. The van der Waals surface area contributed by atoms with Gasteiger partial charge in [-0.1, -0.05) is 0 Å². The second-order valence-electron chi connectivity index (χ2n) is 7.94. The standard InChI is InChI=1S/C21H23N7O.ClH/c1-2-29-16-5-17(20-18-9-24-25-21(18)26-28(20)12-16)13-3-4-19(23-8-13)27-10-14-6-22-7-15(14)11-27;/h3-5,8-9,12,14-15,22H,2,6-7,10-11H2,1H3,(H,25,26);1H/t14-,15+;. The monoisotopic (exact) mass is 425 g/mol. The molecule has 2 aliphatic rings. The van der Waals surface area contributed by atoms with Gasteiger partial charge in [0.1, 0.15) is 11.6 Å². The Morgan fingerprint density at radius 3 is 2.73 bits per heavy atom. The Morgan fingerprint density at radius 1 is 1.17 bits per heavy atom. The number of hydrogen-bond acceptors (Lipinski definition) is 6. The lowest BCUT2D eigenvalue weighted by molar-refractivity contribution is 0.338. The minimum Gasteiger partial charge on any atom is -0.492 e. The van der Waals surface area contributed by atoms with Gasteiger partial charge >= 0.3 is 0 Å². The van der Waals surface area contributed by atoms with E-state index in [1.165, 1.54) is 0 Å². The van der Waals surface area contributed by atoms with Crippen molar-refractivity contribution in [2.24, 2.45) is 11.8 Å². The third-order valence-electron chi connectivity index (χ3n) is 6.19. The molecule has 30 heavy (non-hydrogen) atoms. The van der Waals surface area contributed by atoms with E-state index in [0.29, 0.717) is 6.61 Å². The Balaban J connectivity index is 0.00000193. The van der Waals surface area contributed by atoms with E-state index in [1.807, 2.05) is 30.0 Å². The number of ether oxygens (including phenoxy) is 1. The van der Waals surface area contributed by atoms with Gasteiger partial charge in [-0.25, -0.2) is 9.50 Å². The number of anilines is 1. The lowest BCUT2D eigenvalue weighted by Crippen LogP contribution is -2.26. The van der Waals surface area contributed by atoms with Crippen LogP contribution in [0.1, 0.15) is 6.92 Å². The van der Waals surface area contributed by atoms with Crippen molar-refractivity contribution in [2.45, 2.75) is 6.92 Å². The fourth-order valence-electron chi connectivity index (χ4n) is 4.78. The molecule has 0 aromatic carbocycles. The number of aromatic nitrogens is 5. The first-order valence-electron chi connectivity index (χ1n) is 10.2. The van der Waals surface area contributed by atoms with Crippen molar-refractivity contribution >= 4 is 34.8 Å².